The van der Waals surface area contributed by atoms with E-state index in [0.29, 0.717) is 23.1 Å². The Morgan fingerprint density at radius 1 is 0.449 bits per heavy atom. The lowest BCUT2D eigenvalue weighted by atomic mass is 9.98. The van der Waals surface area contributed by atoms with E-state index in [1.54, 1.807) is 11.3 Å². The van der Waals surface area contributed by atoms with Crippen molar-refractivity contribution in [2.24, 2.45) is 11.5 Å². The van der Waals surface area contributed by atoms with Crippen molar-refractivity contribution < 1.29 is 18.9 Å². The average Bonchev–Trinajstić information content (AvgIpc) is 4.34. The summed E-state index contributed by atoms with van der Waals surface area (Å²) in [7, 11) is 3.92. The van der Waals surface area contributed by atoms with E-state index in [9.17, 15) is 0 Å². The summed E-state index contributed by atoms with van der Waals surface area (Å²) in [4.78, 5) is 5.69. The van der Waals surface area contributed by atoms with Crippen LogP contribution in [0.3, 0.4) is 0 Å². The molecule has 4 aliphatic rings. The quantitative estimate of drug-likeness (QED) is 0.119. The maximum atomic E-state index is 6.44. The molecule has 8 heterocycles. The van der Waals surface area contributed by atoms with Crippen LogP contribution in [0.2, 0.25) is 15.1 Å². The largest absolute Gasteiger partial charge is 0.372 e. The average molecular weight is 1170 g/mol. The van der Waals surface area contributed by atoms with E-state index in [4.69, 9.17) is 65.2 Å². The van der Waals surface area contributed by atoms with Crippen LogP contribution in [0.1, 0.15) is 71.7 Å². The zero-order valence-corrected chi connectivity index (χ0v) is 49.4. The van der Waals surface area contributed by atoms with E-state index in [1.807, 2.05) is 73.2 Å². The molecule has 6 aromatic carbocycles. The number of aryl methyl sites for hydroxylation is 1. The first kappa shape index (κ1) is 55.6. The summed E-state index contributed by atoms with van der Waals surface area (Å²) in [5, 5.41) is 13.4. The molecule has 0 spiro atoms. The molecule has 4 atom stereocenters. The number of hydrogen-bond donors (Lipinski definition) is 4. The van der Waals surface area contributed by atoms with Gasteiger partial charge >= 0.3 is 0 Å². The van der Waals surface area contributed by atoms with Crippen LogP contribution in [-0.4, -0.2) is 66.7 Å². The third-order valence-electron chi connectivity index (χ3n) is 14.9. The summed E-state index contributed by atoms with van der Waals surface area (Å²) in [5.41, 5.74) is 23.0. The Kier molecular flexibility index (Phi) is 18.0. The Bertz CT molecular complexity index is 3710. The molecule has 8 nitrogen and oxygen atoms in total. The van der Waals surface area contributed by atoms with Crippen LogP contribution in [0.4, 0.5) is 0 Å². The number of benzene rings is 6. The van der Waals surface area contributed by atoms with Crippen molar-refractivity contribution in [2.45, 2.75) is 57.0 Å². The topological polar surface area (TPSA) is 113 Å². The molecular weight excluding hydrogens is 1110 g/mol. The summed E-state index contributed by atoms with van der Waals surface area (Å²) in [6.07, 6.45) is 4.28. The molecule has 15 heteroatoms. The third-order valence-corrected chi connectivity index (χ3v) is 21.1. The minimum Gasteiger partial charge on any atom is -0.372 e. The van der Waals surface area contributed by atoms with Crippen LogP contribution in [0.5, 0.6) is 0 Å². The van der Waals surface area contributed by atoms with Gasteiger partial charge in [0.1, 0.15) is 0 Å². The van der Waals surface area contributed by atoms with Crippen molar-refractivity contribution >= 4 is 120 Å². The van der Waals surface area contributed by atoms with E-state index in [2.05, 4.69) is 114 Å². The Morgan fingerprint density at radius 3 is 1.32 bits per heavy atom. The van der Waals surface area contributed by atoms with Crippen molar-refractivity contribution in [3.8, 4) is 22.3 Å². The minimum atomic E-state index is 0.00630. The molecule has 6 N–H and O–H groups in total. The van der Waals surface area contributed by atoms with Gasteiger partial charge < -0.3 is 41.0 Å². The molecule has 4 unspecified atom stereocenters. The fraction of sp³-hybridized carbons (Fsp3) is 0.302. The molecule has 0 saturated heterocycles. The molecule has 404 valence electrons. The molecular formula is C63H63Cl3N4O4S4. The van der Waals surface area contributed by atoms with Crippen LogP contribution < -0.4 is 22.1 Å². The van der Waals surface area contributed by atoms with Crippen LogP contribution in [0.15, 0.2) is 121 Å². The predicted molar refractivity (Wildman–Crippen MR) is 333 cm³/mol. The summed E-state index contributed by atoms with van der Waals surface area (Å²) >= 11 is 26.4. The fourth-order valence-electron chi connectivity index (χ4n) is 11.2. The Hall–Kier alpha value is -4.29. The Morgan fingerprint density at radius 2 is 0.833 bits per heavy atom. The summed E-state index contributed by atoms with van der Waals surface area (Å²) in [6.45, 7) is 7.92. The molecule has 0 aliphatic carbocycles. The van der Waals surface area contributed by atoms with Crippen molar-refractivity contribution in [2.75, 3.05) is 66.7 Å². The standard InChI is InChI=1S/C19H19NOS.C18H17NOS.C13H13Cl2NOS.C13H14ClNOS/c1-20-12-16-19-15-11-14(13-5-3-2-4-6-13)7-8-17(15)22-18(19)9-10-21-16;19-11-15-18-14-10-13(12-4-2-1-3-5-12)6-7-16(14)21-17(18)8-9-20-15;1-16-6-8-11-10(4-5-17-8)18-9-3-2-7(14)13(15)12(9)11;1-7-2-3-9-12(13(7)14)11-8(6-15)16-5-4-10(11)17-9/h2-8,11,16,20H,9-10,12H2,1H3;1-7,10,15H,8-9,11,19H2;2-3,8,16H,4-6H2,1H3;2-3,8H,4-6,15H2,1H3. The zero-order chi connectivity index (χ0) is 53.9. The SMILES string of the molecule is CNCC1OCCc2sc3ccc(-c4ccccc4)cc3c21.CNCC1OCCc2sc3ccc(Cl)c(Cl)c3c21.Cc1ccc2sc3c(c2c1Cl)C(CN)OCC3.NCC1OCCc2sc3ccc(-c4ccccc4)cc3c21. The number of fused-ring (bicyclic) bond motifs is 12. The molecule has 78 heavy (non-hydrogen) atoms. The molecule has 0 radical (unpaired) electrons. The highest BCUT2D eigenvalue weighted by atomic mass is 35.5. The normalized spacial score (nSPS) is 18.5. The van der Waals surface area contributed by atoms with Gasteiger partial charge in [0.2, 0.25) is 0 Å². The number of ether oxygens (including phenoxy) is 4. The summed E-state index contributed by atoms with van der Waals surface area (Å²) in [5.74, 6) is 0. The molecule has 0 amide bonds. The van der Waals surface area contributed by atoms with Crippen LogP contribution in [0.25, 0.3) is 62.6 Å². The molecule has 0 saturated carbocycles. The lowest BCUT2D eigenvalue weighted by Crippen LogP contribution is -2.24. The van der Waals surface area contributed by atoms with Gasteiger partial charge in [0, 0.05) is 123 Å². The van der Waals surface area contributed by atoms with Crippen molar-refractivity contribution in [3.05, 3.63) is 184 Å². The number of hydrogen-bond acceptors (Lipinski definition) is 12. The molecule has 10 aromatic rings. The van der Waals surface area contributed by atoms with Gasteiger partial charge in [-0.05, 0) is 102 Å². The molecule has 0 bridgehead atoms. The number of nitrogens with one attached hydrogen (secondary N) is 2. The summed E-state index contributed by atoms with van der Waals surface area (Å²) in [6, 6.07) is 42.8. The van der Waals surface area contributed by atoms with Gasteiger partial charge in [-0.2, -0.15) is 0 Å². The Labute approximate surface area is 487 Å². The maximum Gasteiger partial charge on any atom is 0.0966 e. The highest BCUT2D eigenvalue weighted by molar-refractivity contribution is 7.20. The zero-order valence-electron chi connectivity index (χ0n) is 43.9. The molecule has 0 fully saturated rings. The lowest BCUT2D eigenvalue weighted by Gasteiger charge is -2.23. The van der Waals surface area contributed by atoms with Crippen LogP contribution in [-0.2, 0) is 44.6 Å². The second-order valence-electron chi connectivity index (χ2n) is 19.7. The number of rotatable bonds is 8. The van der Waals surface area contributed by atoms with Gasteiger partial charge in [0.25, 0.3) is 0 Å². The number of nitrogens with two attached hydrogens (primary N) is 2. The Balaban J connectivity index is 0.000000111. The van der Waals surface area contributed by atoms with E-state index in [0.717, 1.165) is 86.6 Å². The smallest absolute Gasteiger partial charge is 0.0966 e. The second kappa shape index (κ2) is 25.2. The fourth-order valence-corrected chi connectivity index (χ4v) is 16.9. The number of likely N-dealkylation sites (N-methyl/N-ethyl adjacent to an activating group) is 2. The van der Waals surface area contributed by atoms with Crippen LogP contribution >= 0.6 is 80.1 Å². The first-order chi connectivity index (χ1) is 38.2. The van der Waals surface area contributed by atoms with Crippen molar-refractivity contribution in [3.63, 3.8) is 0 Å². The van der Waals surface area contributed by atoms with Crippen molar-refractivity contribution in [1.29, 1.82) is 0 Å². The van der Waals surface area contributed by atoms with Gasteiger partial charge in [-0.25, -0.2) is 0 Å². The number of thiophene rings is 4. The first-order valence-electron chi connectivity index (χ1n) is 26.6. The van der Waals surface area contributed by atoms with Gasteiger partial charge in [-0.3, -0.25) is 0 Å². The molecule has 14 rings (SSSR count). The van der Waals surface area contributed by atoms with E-state index >= 15 is 0 Å². The molecule has 4 aliphatic heterocycles. The summed E-state index contributed by atoms with van der Waals surface area (Å²) < 4.78 is 28.6. The van der Waals surface area contributed by atoms with E-state index < -0.39 is 0 Å². The highest BCUT2D eigenvalue weighted by Crippen LogP contribution is 2.47. The van der Waals surface area contributed by atoms with Gasteiger partial charge in [0.05, 0.1) is 65.9 Å². The lowest BCUT2D eigenvalue weighted by molar-refractivity contribution is 0.0461. The second-order valence-corrected chi connectivity index (χ2v) is 25.4. The molecule has 4 aromatic heterocycles. The highest BCUT2D eigenvalue weighted by Gasteiger charge is 2.30. The first-order valence-corrected chi connectivity index (χ1v) is 31.0. The van der Waals surface area contributed by atoms with E-state index in [1.165, 1.54) is 93.6 Å². The minimum absolute atomic E-state index is 0.00630. The van der Waals surface area contributed by atoms with E-state index in [-0.39, 0.29) is 24.4 Å². The maximum absolute atomic E-state index is 6.44. The monoisotopic (exact) mass is 1170 g/mol. The van der Waals surface area contributed by atoms with Crippen LogP contribution in [0, 0.1) is 6.92 Å². The van der Waals surface area contributed by atoms with Gasteiger partial charge in [-0.1, -0.05) is 114 Å². The van der Waals surface area contributed by atoms with Crippen molar-refractivity contribution in [1.82, 2.24) is 10.6 Å². The third kappa shape index (κ3) is 11.4. The van der Waals surface area contributed by atoms with Gasteiger partial charge in [0.15, 0.2) is 0 Å². The predicted octanol–water partition coefficient (Wildman–Crippen LogP) is 16.0. The number of halogens is 3. The van der Waals surface area contributed by atoms with Gasteiger partial charge in [-0.15, -0.1) is 45.3 Å².